The second-order valence-corrected chi connectivity index (χ2v) is 4.00. The van der Waals surface area contributed by atoms with E-state index in [4.69, 9.17) is 20.6 Å². The number of ether oxygens (including phenoxy) is 3. The molecule has 1 amide bonds. The molecular weight excluding hydrogens is 274 g/mol. The van der Waals surface area contributed by atoms with Gasteiger partial charge in [-0.3, -0.25) is 9.59 Å². The number of carbonyl (C=O) groups is 2. The molecule has 6 heteroatoms. The van der Waals surface area contributed by atoms with Gasteiger partial charge in [-0.25, -0.2) is 0 Å². The predicted molar refractivity (Wildman–Crippen MR) is 76.1 cm³/mol. The number of methoxy groups -OCH3 is 2. The second kappa shape index (κ2) is 8.48. The summed E-state index contributed by atoms with van der Waals surface area (Å²) in [5, 5.41) is 2.40. The number of hydrogen-bond acceptors (Lipinski definition) is 5. The molecule has 0 aliphatic heterocycles. The molecule has 0 heterocycles. The van der Waals surface area contributed by atoms with Gasteiger partial charge in [0.25, 0.3) is 5.91 Å². The molecule has 1 rings (SSSR count). The van der Waals surface area contributed by atoms with Crippen molar-refractivity contribution in [1.82, 2.24) is 5.32 Å². The lowest BCUT2D eigenvalue weighted by Crippen LogP contribution is -2.29. The molecule has 0 saturated carbocycles. The topological polar surface area (TPSA) is 73.9 Å². The van der Waals surface area contributed by atoms with Crippen molar-refractivity contribution in [1.29, 1.82) is 0 Å². The molecule has 0 aliphatic carbocycles. The quantitative estimate of drug-likeness (QED) is 0.586. The minimum absolute atomic E-state index is 0.00438. The van der Waals surface area contributed by atoms with E-state index in [1.54, 1.807) is 18.2 Å². The van der Waals surface area contributed by atoms with Crippen LogP contribution >= 0.6 is 0 Å². The summed E-state index contributed by atoms with van der Waals surface area (Å²) in [7, 11) is 3.04. The Kier molecular flexibility index (Phi) is 6.61. The third-order valence-electron chi connectivity index (χ3n) is 2.58. The van der Waals surface area contributed by atoms with E-state index in [2.05, 4.69) is 11.2 Å². The first-order valence-corrected chi connectivity index (χ1v) is 6.17. The van der Waals surface area contributed by atoms with E-state index in [-0.39, 0.29) is 19.6 Å². The molecule has 0 atom stereocenters. The summed E-state index contributed by atoms with van der Waals surface area (Å²) in [6.07, 6.45) is 4.99. The Morgan fingerprint density at radius 1 is 1.29 bits per heavy atom. The lowest BCUT2D eigenvalue weighted by atomic mass is 10.1. The smallest absolute Gasteiger partial charge is 0.310 e. The molecule has 1 N–H and O–H groups in total. The lowest BCUT2D eigenvalue weighted by molar-refractivity contribution is -0.147. The molecule has 0 saturated heterocycles. The Morgan fingerprint density at radius 2 is 2.05 bits per heavy atom. The molecule has 21 heavy (non-hydrogen) atoms. The molecule has 112 valence electrons. The van der Waals surface area contributed by atoms with E-state index >= 15 is 0 Å². The van der Waals surface area contributed by atoms with E-state index in [1.807, 2.05) is 0 Å². The highest BCUT2D eigenvalue weighted by Crippen LogP contribution is 2.25. The highest BCUT2D eigenvalue weighted by molar-refractivity contribution is 5.81. The van der Waals surface area contributed by atoms with Gasteiger partial charge in [-0.1, -0.05) is 12.0 Å². The minimum atomic E-state index is -0.533. The monoisotopic (exact) mass is 291 g/mol. The highest BCUT2D eigenvalue weighted by Gasteiger charge is 2.12. The van der Waals surface area contributed by atoms with Crippen molar-refractivity contribution in [3.63, 3.8) is 0 Å². The van der Waals surface area contributed by atoms with Crippen molar-refractivity contribution >= 4 is 11.9 Å². The molecule has 0 aromatic heterocycles. The van der Waals surface area contributed by atoms with Crippen LogP contribution in [0.2, 0.25) is 0 Å². The third kappa shape index (κ3) is 5.45. The van der Waals surface area contributed by atoms with E-state index in [1.165, 1.54) is 14.2 Å². The number of terminal acetylenes is 1. The van der Waals surface area contributed by atoms with Crippen LogP contribution in [0.25, 0.3) is 0 Å². The Balaban J connectivity index is 2.55. The first-order chi connectivity index (χ1) is 10.1. The fourth-order valence-electron chi connectivity index (χ4n) is 1.55. The standard InChI is InChI=1S/C15H17NO5/c1-4-7-16-14(17)10-21-15(18)8-11-5-6-12(19-2)9-13(11)20-3/h1,5-6,9H,7-8,10H2,2-3H3,(H,16,17). The number of esters is 1. The summed E-state index contributed by atoms with van der Waals surface area (Å²) in [4.78, 5) is 22.9. The van der Waals surface area contributed by atoms with Gasteiger partial charge in [0.05, 0.1) is 27.2 Å². The zero-order valence-corrected chi connectivity index (χ0v) is 12.0. The first-order valence-electron chi connectivity index (χ1n) is 6.17. The summed E-state index contributed by atoms with van der Waals surface area (Å²) < 4.78 is 15.1. The number of amides is 1. The minimum Gasteiger partial charge on any atom is -0.497 e. The van der Waals surface area contributed by atoms with E-state index in [0.29, 0.717) is 17.1 Å². The third-order valence-corrected chi connectivity index (χ3v) is 2.58. The van der Waals surface area contributed by atoms with Crippen LogP contribution in [0.3, 0.4) is 0 Å². The summed E-state index contributed by atoms with van der Waals surface area (Å²) in [6.45, 7) is -0.262. The zero-order chi connectivity index (χ0) is 15.7. The van der Waals surface area contributed by atoms with Crippen LogP contribution in [0.4, 0.5) is 0 Å². The van der Waals surface area contributed by atoms with Gasteiger partial charge in [-0.2, -0.15) is 0 Å². The van der Waals surface area contributed by atoms with Gasteiger partial charge in [0, 0.05) is 11.6 Å². The molecule has 1 aromatic carbocycles. The van der Waals surface area contributed by atoms with Crippen molar-refractivity contribution in [3.05, 3.63) is 23.8 Å². The predicted octanol–water partition coefficient (Wildman–Crippen LogP) is 0.539. The Morgan fingerprint density at radius 3 is 2.67 bits per heavy atom. The fourth-order valence-corrected chi connectivity index (χ4v) is 1.55. The second-order valence-electron chi connectivity index (χ2n) is 4.00. The molecule has 0 fully saturated rings. The average molecular weight is 291 g/mol. The number of benzene rings is 1. The number of hydrogen-bond donors (Lipinski definition) is 1. The maximum atomic E-state index is 11.7. The molecule has 0 aliphatic rings. The van der Waals surface area contributed by atoms with Crippen LogP contribution < -0.4 is 14.8 Å². The molecule has 0 unspecified atom stereocenters. The van der Waals surface area contributed by atoms with Gasteiger partial charge in [0.1, 0.15) is 11.5 Å². The van der Waals surface area contributed by atoms with Gasteiger partial charge >= 0.3 is 5.97 Å². The van der Waals surface area contributed by atoms with E-state index in [0.717, 1.165) is 0 Å². The maximum Gasteiger partial charge on any atom is 0.310 e. The Bertz CT molecular complexity index is 547. The SMILES string of the molecule is C#CCNC(=O)COC(=O)Cc1ccc(OC)cc1OC. The van der Waals surface area contributed by atoms with Crippen LogP contribution in [-0.4, -0.2) is 39.2 Å². The lowest BCUT2D eigenvalue weighted by Gasteiger charge is -2.10. The van der Waals surface area contributed by atoms with Crippen LogP contribution in [0, 0.1) is 12.3 Å². The molecular formula is C15H17NO5. The largest absolute Gasteiger partial charge is 0.497 e. The normalized spacial score (nSPS) is 9.38. The van der Waals surface area contributed by atoms with Crippen molar-refractivity contribution in [2.24, 2.45) is 0 Å². The van der Waals surface area contributed by atoms with Gasteiger partial charge in [-0.05, 0) is 6.07 Å². The van der Waals surface area contributed by atoms with Gasteiger partial charge in [0.2, 0.25) is 0 Å². The summed E-state index contributed by atoms with van der Waals surface area (Å²) >= 11 is 0. The molecule has 6 nitrogen and oxygen atoms in total. The maximum absolute atomic E-state index is 11.7. The number of nitrogens with one attached hydrogen (secondary N) is 1. The van der Waals surface area contributed by atoms with Gasteiger partial charge < -0.3 is 19.5 Å². The fraction of sp³-hybridized carbons (Fsp3) is 0.333. The zero-order valence-electron chi connectivity index (χ0n) is 12.0. The van der Waals surface area contributed by atoms with Crippen LogP contribution in [0.5, 0.6) is 11.5 Å². The first kappa shape index (κ1) is 16.4. The number of rotatable bonds is 7. The average Bonchev–Trinajstić information content (AvgIpc) is 2.51. The van der Waals surface area contributed by atoms with Crippen LogP contribution in [-0.2, 0) is 20.7 Å². The number of carbonyl (C=O) groups excluding carboxylic acids is 2. The van der Waals surface area contributed by atoms with Crippen molar-refractivity contribution in [2.45, 2.75) is 6.42 Å². The van der Waals surface area contributed by atoms with E-state index < -0.39 is 11.9 Å². The molecule has 1 aromatic rings. The Hall–Kier alpha value is -2.68. The van der Waals surface area contributed by atoms with Gasteiger partial charge in [-0.15, -0.1) is 6.42 Å². The Labute approximate surface area is 123 Å². The van der Waals surface area contributed by atoms with Crippen molar-refractivity contribution < 1.29 is 23.8 Å². The highest BCUT2D eigenvalue weighted by atomic mass is 16.5. The van der Waals surface area contributed by atoms with Crippen molar-refractivity contribution in [2.75, 3.05) is 27.4 Å². The molecule has 0 bridgehead atoms. The van der Waals surface area contributed by atoms with Crippen LogP contribution in [0.1, 0.15) is 5.56 Å². The van der Waals surface area contributed by atoms with Gasteiger partial charge in [0.15, 0.2) is 6.61 Å². The van der Waals surface area contributed by atoms with Crippen molar-refractivity contribution in [3.8, 4) is 23.8 Å². The summed E-state index contributed by atoms with van der Waals surface area (Å²) in [6, 6.07) is 5.09. The summed E-state index contributed by atoms with van der Waals surface area (Å²) in [5.41, 5.74) is 0.646. The molecule has 0 spiro atoms. The molecule has 0 radical (unpaired) electrons. The summed E-state index contributed by atoms with van der Waals surface area (Å²) in [5.74, 6) is 2.42. The van der Waals surface area contributed by atoms with E-state index in [9.17, 15) is 9.59 Å². The van der Waals surface area contributed by atoms with Crippen LogP contribution in [0.15, 0.2) is 18.2 Å².